The highest BCUT2D eigenvalue weighted by atomic mass is 16.5. The lowest BCUT2D eigenvalue weighted by atomic mass is 10.1. The molecule has 1 saturated carbocycles. The zero-order valence-corrected chi connectivity index (χ0v) is 23.3. The van der Waals surface area contributed by atoms with Gasteiger partial charge in [-0.15, -0.1) is 5.10 Å². The van der Waals surface area contributed by atoms with Gasteiger partial charge in [0.05, 0.1) is 26.3 Å². The molecule has 9 nitrogen and oxygen atoms in total. The third-order valence-corrected chi connectivity index (χ3v) is 7.90. The fourth-order valence-electron chi connectivity index (χ4n) is 5.78. The first-order valence-corrected chi connectivity index (χ1v) is 13.9. The molecule has 0 radical (unpaired) electrons. The highest BCUT2D eigenvalue weighted by molar-refractivity contribution is 5.79. The van der Waals surface area contributed by atoms with Crippen LogP contribution in [0.4, 0.5) is 0 Å². The van der Waals surface area contributed by atoms with Crippen LogP contribution in [0.3, 0.4) is 0 Å². The van der Waals surface area contributed by atoms with E-state index in [1.807, 2.05) is 35.9 Å². The van der Waals surface area contributed by atoms with Crippen molar-refractivity contribution in [2.24, 2.45) is 0 Å². The number of rotatable bonds is 11. The van der Waals surface area contributed by atoms with Gasteiger partial charge >= 0.3 is 0 Å². The number of aryl methyl sites for hydroxylation is 1. The van der Waals surface area contributed by atoms with Crippen molar-refractivity contribution in [3.8, 4) is 11.5 Å². The Morgan fingerprint density at radius 1 is 1.08 bits per heavy atom. The summed E-state index contributed by atoms with van der Waals surface area (Å²) in [5.41, 5.74) is 3.78. The van der Waals surface area contributed by atoms with Crippen LogP contribution in [0.25, 0.3) is 10.9 Å². The van der Waals surface area contributed by atoms with Gasteiger partial charge in [-0.3, -0.25) is 9.69 Å². The summed E-state index contributed by atoms with van der Waals surface area (Å²) in [6.45, 7) is 5.40. The van der Waals surface area contributed by atoms with Gasteiger partial charge < -0.3 is 14.5 Å². The lowest BCUT2D eigenvalue weighted by Gasteiger charge is -2.31. The predicted molar refractivity (Wildman–Crippen MR) is 151 cm³/mol. The maximum atomic E-state index is 13.2. The van der Waals surface area contributed by atoms with E-state index < -0.39 is 0 Å². The van der Waals surface area contributed by atoms with Crippen molar-refractivity contribution in [1.29, 1.82) is 0 Å². The van der Waals surface area contributed by atoms with E-state index in [4.69, 9.17) is 9.47 Å². The Morgan fingerprint density at radius 2 is 1.87 bits per heavy atom. The van der Waals surface area contributed by atoms with E-state index in [0.29, 0.717) is 24.1 Å². The molecule has 0 saturated heterocycles. The summed E-state index contributed by atoms with van der Waals surface area (Å²) in [4.78, 5) is 18.7. The number of fused-ring (bicyclic) bond motifs is 1. The van der Waals surface area contributed by atoms with Crippen LogP contribution >= 0.6 is 0 Å². The quantitative estimate of drug-likeness (QED) is 0.286. The fourth-order valence-corrected chi connectivity index (χ4v) is 5.78. The topological polar surface area (TPSA) is 98.2 Å². The lowest BCUT2D eigenvalue weighted by Crippen LogP contribution is -2.34. The average Bonchev–Trinajstić information content (AvgIpc) is 3.65. The van der Waals surface area contributed by atoms with Crippen molar-refractivity contribution in [2.75, 3.05) is 20.8 Å². The molecule has 0 spiro atoms. The Labute approximate surface area is 229 Å². The minimum Gasteiger partial charge on any atom is -0.493 e. The molecule has 1 aliphatic carbocycles. The van der Waals surface area contributed by atoms with Crippen molar-refractivity contribution in [1.82, 2.24) is 30.1 Å². The molecule has 206 valence electrons. The van der Waals surface area contributed by atoms with E-state index in [0.717, 1.165) is 65.6 Å². The first-order chi connectivity index (χ1) is 19.0. The number of aromatic nitrogens is 5. The number of tetrazole rings is 1. The zero-order chi connectivity index (χ0) is 27.4. The second kappa shape index (κ2) is 12.0. The Bertz CT molecular complexity index is 1470. The van der Waals surface area contributed by atoms with Crippen LogP contribution in [-0.4, -0.2) is 50.9 Å². The number of nitrogens with zero attached hydrogens (tertiary/aromatic N) is 5. The summed E-state index contributed by atoms with van der Waals surface area (Å²) in [6, 6.07) is 14.5. The first-order valence-electron chi connectivity index (χ1n) is 13.9. The van der Waals surface area contributed by atoms with Gasteiger partial charge in [-0.05, 0) is 83.8 Å². The third-order valence-electron chi connectivity index (χ3n) is 7.90. The molecule has 1 atom stereocenters. The van der Waals surface area contributed by atoms with Gasteiger partial charge in [0, 0.05) is 24.2 Å². The fraction of sp³-hybridized carbons (Fsp3) is 0.467. The number of hydrogen-bond acceptors (Lipinski definition) is 7. The SMILES string of the molecule is CCC(c1nnnn1C1CCCC1)N(CCc1ccc(OC)c(OC)c1)Cc1cc2ccc(C)cc2[nH]c1=O. The summed E-state index contributed by atoms with van der Waals surface area (Å²) < 4.78 is 13.0. The van der Waals surface area contributed by atoms with Crippen molar-refractivity contribution < 1.29 is 9.47 Å². The Balaban J connectivity index is 1.48. The van der Waals surface area contributed by atoms with Crippen LogP contribution in [0, 0.1) is 6.92 Å². The van der Waals surface area contributed by atoms with Crippen molar-refractivity contribution in [3.05, 3.63) is 75.3 Å². The monoisotopic (exact) mass is 530 g/mol. The van der Waals surface area contributed by atoms with Crippen LogP contribution in [0.5, 0.6) is 11.5 Å². The molecule has 0 bridgehead atoms. The smallest absolute Gasteiger partial charge is 0.252 e. The average molecular weight is 531 g/mol. The molecule has 2 aromatic heterocycles. The highest BCUT2D eigenvalue weighted by Crippen LogP contribution is 2.33. The number of benzene rings is 2. The summed E-state index contributed by atoms with van der Waals surface area (Å²) in [6.07, 6.45) is 6.20. The molecule has 5 rings (SSSR count). The zero-order valence-electron chi connectivity index (χ0n) is 23.3. The molecule has 0 aliphatic heterocycles. The molecular formula is C30H38N6O3. The maximum absolute atomic E-state index is 13.2. The maximum Gasteiger partial charge on any atom is 0.252 e. The van der Waals surface area contributed by atoms with Gasteiger partial charge in [-0.1, -0.05) is 38.0 Å². The van der Waals surface area contributed by atoms with E-state index in [9.17, 15) is 4.79 Å². The molecule has 39 heavy (non-hydrogen) atoms. The normalized spacial score (nSPS) is 14.8. The minimum absolute atomic E-state index is 0.0335. The summed E-state index contributed by atoms with van der Waals surface area (Å²) >= 11 is 0. The molecule has 9 heteroatoms. The standard InChI is InChI=1S/C30H38N6O3/c1-5-26(29-32-33-34-36(29)24-8-6-7-9-24)35(15-14-21-11-13-27(38-3)28(17-21)39-4)19-23-18-22-12-10-20(2)16-25(22)31-30(23)37/h10-13,16-18,24,26H,5-9,14-15,19H2,1-4H3,(H,31,37). The largest absolute Gasteiger partial charge is 0.493 e. The first kappa shape index (κ1) is 26.9. The number of aromatic amines is 1. The van der Waals surface area contributed by atoms with E-state index in [2.05, 4.69) is 50.5 Å². The van der Waals surface area contributed by atoms with Gasteiger partial charge in [0.2, 0.25) is 0 Å². The Kier molecular flexibility index (Phi) is 8.26. The van der Waals surface area contributed by atoms with E-state index >= 15 is 0 Å². The van der Waals surface area contributed by atoms with Crippen LogP contribution < -0.4 is 15.0 Å². The summed E-state index contributed by atoms with van der Waals surface area (Å²) in [5, 5.41) is 14.0. The minimum atomic E-state index is -0.0607. The molecule has 2 aromatic carbocycles. The summed E-state index contributed by atoms with van der Waals surface area (Å²) in [7, 11) is 3.29. The Morgan fingerprint density at radius 3 is 2.62 bits per heavy atom. The highest BCUT2D eigenvalue weighted by Gasteiger charge is 2.29. The van der Waals surface area contributed by atoms with Crippen LogP contribution in [0.1, 0.15) is 73.6 Å². The molecule has 2 heterocycles. The molecule has 1 unspecified atom stereocenters. The number of ether oxygens (including phenoxy) is 2. The van der Waals surface area contributed by atoms with Crippen LogP contribution in [0.2, 0.25) is 0 Å². The molecule has 1 fully saturated rings. The van der Waals surface area contributed by atoms with Crippen LogP contribution in [0.15, 0.2) is 47.3 Å². The number of nitrogens with one attached hydrogen (secondary N) is 1. The third kappa shape index (κ3) is 5.83. The summed E-state index contributed by atoms with van der Waals surface area (Å²) in [5.74, 6) is 2.29. The molecule has 1 N–H and O–H groups in total. The van der Waals surface area contributed by atoms with Gasteiger partial charge in [-0.2, -0.15) is 0 Å². The van der Waals surface area contributed by atoms with Gasteiger partial charge in [0.25, 0.3) is 5.56 Å². The van der Waals surface area contributed by atoms with Gasteiger partial charge in [-0.25, -0.2) is 4.68 Å². The second-order valence-electron chi connectivity index (χ2n) is 10.5. The second-order valence-corrected chi connectivity index (χ2v) is 10.5. The number of hydrogen-bond donors (Lipinski definition) is 1. The van der Waals surface area contributed by atoms with E-state index in [-0.39, 0.29) is 11.6 Å². The molecule has 1 aliphatic rings. The Hall–Kier alpha value is -3.72. The number of H-pyrrole nitrogens is 1. The van der Waals surface area contributed by atoms with Crippen molar-refractivity contribution >= 4 is 10.9 Å². The van der Waals surface area contributed by atoms with Gasteiger partial charge in [0.1, 0.15) is 0 Å². The molecular weight excluding hydrogens is 492 g/mol. The van der Waals surface area contributed by atoms with Crippen LogP contribution in [-0.2, 0) is 13.0 Å². The van der Waals surface area contributed by atoms with Gasteiger partial charge in [0.15, 0.2) is 17.3 Å². The van der Waals surface area contributed by atoms with Crippen molar-refractivity contribution in [3.63, 3.8) is 0 Å². The predicted octanol–water partition coefficient (Wildman–Crippen LogP) is 5.15. The lowest BCUT2D eigenvalue weighted by molar-refractivity contribution is 0.169. The van der Waals surface area contributed by atoms with E-state index in [1.54, 1.807) is 14.2 Å². The number of methoxy groups -OCH3 is 2. The molecule has 4 aromatic rings. The number of pyridine rings is 1. The van der Waals surface area contributed by atoms with Crippen molar-refractivity contribution in [2.45, 2.75) is 71.0 Å². The van der Waals surface area contributed by atoms with E-state index in [1.165, 1.54) is 12.8 Å². The molecule has 0 amide bonds.